The highest BCUT2D eigenvalue weighted by atomic mass is 127. The number of hydrogen-bond donors (Lipinski definition) is 1. The fraction of sp³-hybridized carbons (Fsp3) is 0.286. The van der Waals surface area contributed by atoms with E-state index in [0.29, 0.717) is 6.54 Å². The van der Waals surface area contributed by atoms with Gasteiger partial charge in [-0.1, -0.05) is 48.2 Å². The zero-order valence-electron chi connectivity index (χ0n) is 16.7. The molecule has 8 heteroatoms. The summed E-state index contributed by atoms with van der Waals surface area (Å²) in [6, 6.07) is 18.1. The fourth-order valence-corrected chi connectivity index (χ4v) is 4.04. The lowest BCUT2D eigenvalue weighted by molar-refractivity contribution is -0.113. The standard InChI is InChI=1S/C21H24IN5OS/c1-15(26(2)3)20-24-25-21(27(20)13-16-8-5-4-6-9-16)29-14-19(28)23-18-11-7-10-17(22)12-18/h4-12,15H,13-14H2,1-3H3,(H,23,28). The minimum atomic E-state index is -0.0616. The zero-order chi connectivity index (χ0) is 20.8. The second-order valence-electron chi connectivity index (χ2n) is 6.90. The number of anilines is 1. The Labute approximate surface area is 189 Å². The van der Waals surface area contributed by atoms with Crippen molar-refractivity contribution in [3.05, 3.63) is 69.6 Å². The van der Waals surface area contributed by atoms with Gasteiger partial charge in [0.1, 0.15) is 0 Å². The van der Waals surface area contributed by atoms with E-state index in [1.165, 1.54) is 17.3 Å². The summed E-state index contributed by atoms with van der Waals surface area (Å²) in [5.41, 5.74) is 1.97. The summed E-state index contributed by atoms with van der Waals surface area (Å²) >= 11 is 3.63. The predicted molar refractivity (Wildman–Crippen MR) is 126 cm³/mol. The van der Waals surface area contributed by atoms with Crippen LogP contribution in [0.5, 0.6) is 0 Å². The molecule has 0 bridgehead atoms. The summed E-state index contributed by atoms with van der Waals surface area (Å²) < 4.78 is 3.18. The second-order valence-corrected chi connectivity index (χ2v) is 9.09. The average molecular weight is 521 g/mol. The number of hydrogen-bond acceptors (Lipinski definition) is 5. The molecule has 0 aliphatic carbocycles. The molecule has 1 atom stereocenters. The third-order valence-corrected chi connectivity index (χ3v) is 6.16. The fourth-order valence-electron chi connectivity index (χ4n) is 2.75. The molecule has 6 nitrogen and oxygen atoms in total. The lowest BCUT2D eigenvalue weighted by Gasteiger charge is -2.20. The highest BCUT2D eigenvalue weighted by molar-refractivity contribution is 14.1. The summed E-state index contributed by atoms with van der Waals surface area (Å²) in [7, 11) is 4.04. The van der Waals surface area contributed by atoms with Gasteiger partial charge in [-0.3, -0.25) is 9.69 Å². The molecule has 2 aromatic carbocycles. The van der Waals surface area contributed by atoms with Crippen molar-refractivity contribution in [3.63, 3.8) is 0 Å². The molecule has 0 aliphatic heterocycles. The number of aromatic nitrogens is 3. The highest BCUT2D eigenvalue weighted by Gasteiger charge is 2.20. The van der Waals surface area contributed by atoms with Crippen LogP contribution in [0.15, 0.2) is 59.8 Å². The van der Waals surface area contributed by atoms with Gasteiger partial charge in [-0.05, 0) is 67.4 Å². The van der Waals surface area contributed by atoms with Crippen molar-refractivity contribution in [1.82, 2.24) is 19.7 Å². The Morgan fingerprint density at radius 3 is 2.62 bits per heavy atom. The van der Waals surface area contributed by atoms with Crippen LogP contribution in [-0.4, -0.2) is 45.4 Å². The lowest BCUT2D eigenvalue weighted by atomic mass is 10.2. The van der Waals surface area contributed by atoms with E-state index >= 15 is 0 Å². The van der Waals surface area contributed by atoms with Gasteiger partial charge < -0.3 is 9.88 Å². The number of carbonyl (C=O) groups excluding carboxylic acids is 1. The van der Waals surface area contributed by atoms with Crippen LogP contribution in [0.2, 0.25) is 0 Å². The van der Waals surface area contributed by atoms with Gasteiger partial charge in [0.2, 0.25) is 5.91 Å². The minimum Gasteiger partial charge on any atom is -0.325 e. The third kappa shape index (κ3) is 6.03. The van der Waals surface area contributed by atoms with Gasteiger partial charge in [-0.15, -0.1) is 10.2 Å². The number of rotatable bonds is 8. The molecule has 0 saturated carbocycles. The summed E-state index contributed by atoms with van der Waals surface area (Å²) in [5.74, 6) is 1.10. The maximum absolute atomic E-state index is 12.4. The Morgan fingerprint density at radius 2 is 1.93 bits per heavy atom. The smallest absolute Gasteiger partial charge is 0.234 e. The Bertz CT molecular complexity index is 961. The van der Waals surface area contributed by atoms with E-state index in [1.807, 2.05) is 56.6 Å². The number of thioether (sulfide) groups is 1. The van der Waals surface area contributed by atoms with Gasteiger partial charge in [-0.25, -0.2) is 0 Å². The van der Waals surface area contributed by atoms with E-state index in [0.717, 1.165) is 20.2 Å². The van der Waals surface area contributed by atoms with Crippen LogP contribution >= 0.6 is 34.4 Å². The maximum atomic E-state index is 12.4. The van der Waals surface area contributed by atoms with Crippen molar-refractivity contribution in [3.8, 4) is 0 Å². The van der Waals surface area contributed by atoms with Crippen LogP contribution in [0.4, 0.5) is 5.69 Å². The molecule has 1 heterocycles. The third-order valence-electron chi connectivity index (χ3n) is 4.52. The van der Waals surface area contributed by atoms with Crippen molar-refractivity contribution in [1.29, 1.82) is 0 Å². The first-order valence-electron chi connectivity index (χ1n) is 9.25. The second kappa shape index (κ2) is 10.2. The monoisotopic (exact) mass is 521 g/mol. The topological polar surface area (TPSA) is 63.1 Å². The van der Waals surface area contributed by atoms with E-state index in [9.17, 15) is 4.79 Å². The van der Waals surface area contributed by atoms with Crippen LogP contribution in [0.1, 0.15) is 24.4 Å². The van der Waals surface area contributed by atoms with Crippen molar-refractivity contribution >= 4 is 45.9 Å². The molecule has 1 amide bonds. The molecule has 3 rings (SSSR count). The first-order chi connectivity index (χ1) is 13.9. The molecule has 0 spiro atoms. The van der Waals surface area contributed by atoms with Crippen LogP contribution < -0.4 is 5.32 Å². The van der Waals surface area contributed by atoms with E-state index in [1.54, 1.807) is 0 Å². The quantitative estimate of drug-likeness (QED) is 0.354. The maximum Gasteiger partial charge on any atom is 0.234 e. The van der Waals surface area contributed by atoms with E-state index in [2.05, 4.69) is 66.6 Å². The van der Waals surface area contributed by atoms with E-state index in [-0.39, 0.29) is 17.7 Å². The first-order valence-corrected chi connectivity index (χ1v) is 11.3. The summed E-state index contributed by atoms with van der Waals surface area (Å²) in [6.07, 6.45) is 0. The molecular formula is C21H24IN5OS. The highest BCUT2D eigenvalue weighted by Crippen LogP contribution is 2.24. The first kappa shape index (κ1) is 21.8. The number of nitrogens with one attached hydrogen (secondary N) is 1. The number of benzene rings is 2. The van der Waals surface area contributed by atoms with E-state index in [4.69, 9.17) is 0 Å². The molecule has 0 radical (unpaired) electrons. The van der Waals surface area contributed by atoms with Crippen molar-refractivity contribution in [2.45, 2.75) is 24.7 Å². The van der Waals surface area contributed by atoms with Gasteiger partial charge in [0.05, 0.1) is 18.3 Å². The lowest BCUT2D eigenvalue weighted by Crippen LogP contribution is -2.21. The van der Waals surface area contributed by atoms with E-state index < -0.39 is 0 Å². The predicted octanol–water partition coefficient (Wildman–Crippen LogP) is 4.28. The van der Waals surface area contributed by atoms with Gasteiger partial charge in [0, 0.05) is 9.26 Å². The Morgan fingerprint density at radius 1 is 1.17 bits per heavy atom. The Hall–Kier alpha value is -1.91. The molecule has 0 fully saturated rings. The normalized spacial score (nSPS) is 12.2. The molecule has 1 N–H and O–H groups in total. The number of halogens is 1. The largest absolute Gasteiger partial charge is 0.325 e. The molecule has 3 aromatic rings. The Kier molecular flexibility index (Phi) is 7.68. The summed E-state index contributed by atoms with van der Waals surface area (Å²) in [5, 5.41) is 12.5. The molecular weight excluding hydrogens is 497 g/mol. The van der Waals surface area contributed by atoms with Crippen LogP contribution in [-0.2, 0) is 11.3 Å². The number of nitrogens with zero attached hydrogens (tertiary/aromatic N) is 4. The van der Waals surface area contributed by atoms with Gasteiger partial charge in [-0.2, -0.15) is 0 Å². The van der Waals surface area contributed by atoms with Crippen molar-refractivity contribution < 1.29 is 4.79 Å². The molecule has 1 aromatic heterocycles. The van der Waals surface area contributed by atoms with Gasteiger partial charge in [0.25, 0.3) is 0 Å². The SMILES string of the molecule is CC(c1nnc(SCC(=O)Nc2cccc(I)c2)n1Cc1ccccc1)N(C)C. The minimum absolute atomic E-state index is 0.0616. The molecule has 0 aliphatic rings. The zero-order valence-corrected chi connectivity index (χ0v) is 19.6. The van der Waals surface area contributed by atoms with Gasteiger partial charge >= 0.3 is 0 Å². The molecule has 1 unspecified atom stereocenters. The van der Waals surface area contributed by atoms with Crippen LogP contribution in [0.25, 0.3) is 0 Å². The summed E-state index contributed by atoms with van der Waals surface area (Å²) in [4.78, 5) is 14.5. The van der Waals surface area contributed by atoms with Crippen LogP contribution in [0, 0.1) is 3.57 Å². The number of amides is 1. The van der Waals surface area contributed by atoms with Crippen molar-refractivity contribution in [2.24, 2.45) is 0 Å². The molecule has 29 heavy (non-hydrogen) atoms. The average Bonchev–Trinajstić information content (AvgIpc) is 3.09. The summed E-state index contributed by atoms with van der Waals surface area (Å²) in [6.45, 7) is 2.77. The number of carbonyl (C=O) groups is 1. The molecule has 152 valence electrons. The van der Waals surface area contributed by atoms with Gasteiger partial charge in [0.15, 0.2) is 11.0 Å². The van der Waals surface area contributed by atoms with Crippen LogP contribution in [0.3, 0.4) is 0 Å². The van der Waals surface area contributed by atoms with Crippen molar-refractivity contribution in [2.75, 3.05) is 25.2 Å². The Balaban J connectivity index is 1.74. The molecule has 0 saturated heterocycles.